The van der Waals surface area contributed by atoms with E-state index < -0.39 is 5.79 Å². The number of aromatic nitrogens is 4. The second kappa shape index (κ2) is 6.77. The minimum atomic E-state index is -0.810. The lowest BCUT2D eigenvalue weighted by Gasteiger charge is -2.24. The fraction of sp³-hybridized carbons (Fsp3) is 0.300. The summed E-state index contributed by atoms with van der Waals surface area (Å²) in [6, 6.07) is 16.5. The Morgan fingerprint density at radius 3 is 2.52 bits per heavy atom. The number of nitrogens with zero attached hydrogens (tertiary/aromatic N) is 5. The molecule has 2 aliphatic heterocycles. The predicted molar refractivity (Wildman–Crippen MR) is 103 cm³/mol. The highest BCUT2D eigenvalue weighted by molar-refractivity contribution is 5.75. The number of hydrogen-bond donors (Lipinski definition) is 1. The van der Waals surface area contributed by atoms with E-state index in [1.54, 1.807) is 9.58 Å². The van der Waals surface area contributed by atoms with Crippen LogP contribution in [0.5, 0.6) is 11.5 Å². The van der Waals surface area contributed by atoms with Gasteiger partial charge in [0.1, 0.15) is 0 Å². The first-order chi connectivity index (χ1) is 14.1. The number of nitrogens with one attached hydrogen (secondary N) is 1. The minimum absolute atomic E-state index is 0.208. The number of rotatable bonds is 3. The van der Waals surface area contributed by atoms with Gasteiger partial charge in [0.2, 0.25) is 0 Å². The quantitative estimate of drug-likeness (QED) is 0.735. The molecule has 0 aliphatic carbocycles. The van der Waals surface area contributed by atoms with Gasteiger partial charge in [-0.3, -0.25) is 0 Å². The maximum atomic E-state index is 12.8. The molecular weight excluding hydrogens is 372 g/mol. The summed E-state index contributed by atoms with van der Waals surface area (Å²) in [7, 11) is 0. The van der Waals surface area contributed by atoms with Crippen molar-refractivity contribution in [2.45, 2.75) is 25.2 Å². The van der Waals surface area contributed by atoms with Crippen LogP contribution in [0.2, 0.25) is 0 Å². The molecule has 1 N–H and O–H groups in total. The van der Waals surface area contributed by atoms with Gasteiger partial charge < -0.3 is 19.7 Å². The van der Waals surface area contributed by atoms with Crippen molar-refractivity contribution in [3.63, 3.8) is 0 Å². The predicted octanol–water partition coefficient (Wildman–Crippen LogP) is 2.31. The zero-order valence-corrected chi connectivity index (χ0v) is 15.9. The van der Waals surface area contributed by atoms with E-state index in [-0.39, 0.29) is 12.1 Å². The lowest BCUT2D eigenvalue weighted by atomic mass is 10.2. The molecular formula is C20H20N6O3. The second-order valence-electron chi connectivity index (χ2n) is 7.19. The zero-order chi connectivity index (χ0) is 19.8. The Morgan fingerprint density at radius 2 is 1.79 bits per heavy atom. The first kappa shape index (κ1) is 17.5. The molecule has 3 aromatic rings. The molecule has 1 atom stereocenters. The molecule has 3 heterocycles. The lowest BCUT2D eigenvalue weighted by Crippen LogP contribution is -2.46. The zero-order valence-electron chi connectivity index (χ0n) is 15.9. The number of ether oxygens (including phenoxy) is 2. The number of tetrazole rings is 1. The summed E-state index contributed by atoms with van der Waals surface area (Å²) in [6.45, 7) is 2.74. The third-order valence-electron chi connectivity index (χ3n) is 5.14. The largest absolute Gasteiger partial charge is 0.447 e. The average molecular weight is 392 g/mol. The molecule has 1 aromatic heterocycles. The first-order valence-corrected chi connectivity index (χ1v) is 9.50. The topological polar surface area (TPSA) is 94.4 Å². The lowest BCUT2D eigenvalue weighted by molar-refractivity contribution is -0.0650. The number of likely N-dealkylation sites (tertiary alicyclic amines) is 1. The highest BCUT2D eigenvalue weighted by Crippen LogP contribution is 2.42. The van der Waals surface area contributed by atoms with Crippen LogP contribution in [0.25, 0.3) is 5.69 Å². The van der Waals surface area contributed by atoms with Crippen LogP contribution >= 0.6 is 0 Å². The molecule has 9 nitrogen and oxygen atoms in total. The molecule has 0 bridgehead atoms. The van der Waals surface area contributed by atoms with Crippen molar-refractivity contribution in [2.75, 3.05) is 13.1 Å². The SMILES string of the molecule is CC(NC(=O)N1CCC2(C1)Oc1ccccc1O2)c1nnnn1-c1ccccc1. The Labute approximate surface area is 167 Å². The number of carbonyl (C=O) groups is 1. The van der Waals surface area contributed by atoms with Crippen LogP contribution in [0, 0.1) is 0 Å². The van der Waals surface area contributed by atoms with E-state index in [9.17, 15) is 4.79 Å². The monoisotopic (exact) mass is 392 g/mol. The summed E-state index contributed by atoms with van der Waals surface area (Å²) in [6.07, 6.45) is 0.602. The molecule has 148 valence electrons. The average Bonchev–Trinajstić information content (AvgIpc) is 3.46. The van der Waals surface area contributed by atoms with E-state index in [0.29, 0.717) is 36.8 Å². The van der Waals surface area contributed by atoms with Crippen molar-refractivity contribution in [3.8, 4) is 17.2 Å². The van der Waals surface area contributed by atoms with Gasteiger partial charge in [0.15, 0.2) is 17.3 Å². The standard InChI is InChI=1S/C20H20N6O3/c1-14(18-22-23-24-26(18)15-7-3-2-4-8-15)21-19(27)25-12-11-20(13-25)28-16-9-5-6-10-17(16)29-20/h2-10,14H,11-13H2,1H3,(H,21,27). The van der Waals surface area contributed by atoms with Crippen molar-refractivity contribution in [1.29, 1.82) is 0 Å². The molecule has 1 saturated heterocycles. The Kier molecular flexibility index (Phi) is 4.08. The van der Waals surface area contributed by atoms with E-state index >= 15 is 0 Å². The number of amides is 2. The van der Waals surface area contributed by atoms with Gasteiger partial charge in [0.25, 0.3) is 5.79 Å². The summed E-state index contributed by atoms with van der Waals surface area (Å²) in [4.78, 5) is 14.5. The van der Waals surface area contributed by atoms with Crippen LogP contribution < -0.4 is 14.8 Å². The van der Waals surface area contributed by atoms with Crippen LogP contribution in [0.3, 0.4) is 0 Å². The van der Waals surface area contributed by atoms with Crippen LogP contribution in [-0.4, -0.2) is 50.0 Å². The Bertz CT molecular complexity index is 1010. The van der Waals surface area contributed by atoms with Gasteiger partial charge in [-0.2, -0.15) is 4.68 Å². The Morgan fingerprint density at radius 1 is 1.10 bits per heavy atom. The van der Waals surface area contributed by atoms with Gasteiger partial charge in [-0.1, -0.05) is 30.3 Å². The fourth-order valence-electron chi connectivity index (χ4n) is 3.69. The number of para-hydroxylation sites is 3. The minimum Gasteiger partial charge on any atom is -0.447 e. The molecule has 2 amide bonds. The summed E-state index contributed by atoms with van der Waals surface area (Å²) in [5, 5.41) is 14.9. The van der Waals surface area contributed by atoms with Crippen LogP contribution in [0.1, 0.15) is 25.2 Å². The van der Waals surface area contributed by atoms with Crippen molar-refractivity contribution in [1.82, 2.24) is 30.4 Å². The van der Waals surface area contributed by atoms with Crippen molar-refractivity contribution in [2.24, 2.45) is 0 Å². The molecule has 2 aliphatic rings. The van der Waals surface area contributed by atoms with Gasteiger partial charge in [-0.15, -0.1) is 5.10 Å². The number of urea groups is 1. The summed E-state index contributed by atoms with van der Waals surface area (Å²) in [5.74, 6) is 1.17. The molecule has 1 fully saturated rings. The second-order valence-corrected chi connectivity index (χ2v) is 7.19. The van der Waals surface area contributed by atoms with Gasteiger partial charge in [-0.05, 0) is 41.6 Å². The van der Waals surface area contributed by atoms with Gasteiger partial charge in [0, 0.05) is 13.0 Å². The third kappa shape index (κ3) is 3.14. The number of fused-ring (bicyclic) bond motifs is 1. The molecule has 1 spiro atoms. The summed E-state index contributed by atoms with van der Waals surface area (Å²) >= 11 is 0. The molecule has 29 heavy (non-hydrogen) atoms. The third-order valence-corrected chi connectivity index (χ3v) is 5.14. The summed E-state index contributed by atoms with van der Waals surface area (Å²) < 4.78 is 13.6. The van der Waals surface area contributed by atoms with E-state index in [4.69, 9.17) is 9.47 Å². The van der Waals surface area contributed by atoms with Gasteiger partial charge >= 0.3 is 6.03 Å². The smallest absolute Gasteiger partial charge is 0.318 e. The molecule has 1 unspecified atom stereocenters. The number of benzene rings is 2. The molecule has 9 heteroatoms. The van der Waals surface area contributed by atoms with Crippen LogP contribution in [0.15, 0.2) is 54.6 Å². The van der Waals surface area contributed by atoms with Crippen LogP contribution in [-0.2, 0) is 0 Å². The maximum Gasteiger partial charge on any atom is 0.318 e. The summed E-state index contributed by atoms with van der Waals surface area (Å²) in [5.41, 5.74) is 0.833. The first-order valence-electron chi connectivity index (χ1n) is 9.50. The highest BCUT2D eigenvalue weighted by atomic mass is 16.7. The van der Waals surface area contributed by atoms with E-state index in [2.05, 4.69) is 20.8 Å². The highest BCUT2D eigenvalue weighted by Gasteiger charge is 2.48. The Hall–Kier alpha value is -3.62. The van der Waals surface area contributed by atoms with Gasteiger partial charge in [0.05, 0.1) is 18.3 Å². The molecule has 0 radical (unpaired) electrons. The maximum absolute atomic E-state index is 12.8. The molecule has 2 aromatic carbocycles. The fourth-order valence-corrected chi connectivity index (χ4v) is 3.69. The number of carbonyl (C=O) groups excluding carboxylic acids is 1. The van der Waals surface area contributed by atoms with E-state index in [0.717, 1.165) is 5.69 Å². The van der Waals surface area contributed by atoms with Gasteiger partial charge in [-0.25, -0.2) is 4.79 Å². The molecule has 0 saturated carbocycles. The van der Waals surface area contributed by atoms with E-state index in [1.807, 2.05) is 61.5 Å². The van der Waals surface area contributed by atoms with Crippen molar-refractivity contribution >= 4 is 6.03 Å². The van der Waals surface area contributed by atoms with Crippen molar-refractivity contribution < 1.29 is 14.3 Å². The number of hydrogen-bond acceptors (Lipinski definition) is 6. The van der Waals surface area contributed by atoms with Crippen LogP contribution in [0.4, 0.5) is 4.79 Å². The molecule has 5 rings (SSSR count). The normalized spacial score (nSPS) is 17.5. The van der Waals surface area contributed by atoms with Crippen molar-refractivity contribution in [3.05, 3.63) is 60.4 Å². The van der Waals surface area contributed by atoms with E-state index in [1.165, 1.54) is 0 Å². The Balaban J connectivity index is 1.26.